The molecule has 2 rings (SSSR count). The van der Waals surface area contributed by atoms with E-state index < -0.39 is 11.4 Å². The third-order valence-corrected chi connectivity index (χ3v) is 4.42. The van der Waals surface area contributed by atoms with Gasteiger partial charge in [0.05, 0.1) is 5.41 Å². The van der Waals surface area contributed by atoms with Gasteiger partial charge < -0.3 is 10.0 Å². The summed E-state index contributed by atoms with van der Waals surface area (Å²) in [6, 6.07) is 5.58. The Bertz CT molecular complexity index is 558. The molecular weight excluding hydrogens is 322 g/mol. The highest BCUT2D eigenvalue weighted by Crippen LogP contribution is 2.31. The molecule has 0 saturated carbocycles. The molecule has 0 aromatic heterocycles. The van der Waals surface area contributed by atoms with Crippen molar-refractivity contribution in [3.63, 3.8) is 0 Å². The molecule has 20 heavy (non-hydrogen) atoms. The molecule has 1 amide bonds. The van der Waals surface area contributed by atoms with Gasteiger partial charge in [-0.05, 0) is 44.4 Å². The SMILES string of the molecule is Cc1ccc(Br)cc1C(=O)N1CCCC(C)(C(=O)O)C1. The van der Waals surface area contributed by atoms with E-state index in [0.29, 0.717) is 18.5 Å². The minimum Gasteiger partial charge on any atom is -0.481 e. The molecule has 1 N–H and O–H groups in total. The number of benzene rings is 1. The first kappa shape index (κ1) is 15.0. The van der Waals surface area contributed by atoms with Crippen molar-refractivity contribution in [1.82, 2.24) is 4.90 Å². The lowest BCUT2D eigenvalue weighted by Crippen LogP contribution is -2.48. The van der Waals surface area contributed by atoms with Crippen LogP contribution in [0.4, 0.5) is 0 Å². The number of carbonyl (C=O) groups excluding carboxylic acids is 1. The highest BCUT2D eigenvalue weighted by atomic mass is 79.9. The first-order valence-corrected chi connectivity index (χ1v) is 7.42. The molecule has 1 aromatic rings. The average molecular weight is 340 g/mol. The average Bonchev–Trinajstić information content (AvgIpc) is 2.40. The third-order valence-electron chi connectivity index (χ3n) is 3.93. The lowest BCUT2D eigenvalue weighted by molar-refractivity contribution is -0.150. The lowest BCUT2D eigenvalue weighted by atomic mass is 9.82. The number of carboxylic acids is 1. The van der Waals surface area contributed by atoms with Crippen LogP contribution >= 0.6 is 15.9 Å². The van der Waals surface area contributed by atoms with Crippen LogP contribution in [0.5, 0.6) is 0 Å². The maximum Gasteiger partial charge on any atom is 0.311 e. The first-order valence-electron chi connectivity index (χ1n) is 6.62. The number of carboxylic acid groups (broad SMARTS) is 1. The molecule has 1 atom stereocenters. The zero-order valence-electron chi connectivity index (χ0n) is 11.6. The molecule has 108 valence electrons. The number of hydrogen-bond acceptors (Lipinski definition) is 2. The van der Waals surface area contributed by atoms with Crippen LogP contribution in [0.2, 0.25) is 0 Å². The Balaban J connectivity index is 2.25. The Hall–Kier alpha value is -1.36. The zero-order valence-corrected chi connectivity index (χ0v) is 13.2. The van der Waals surface area contributed by atoms with Gasteiger partial charge in [0.25, 0.3) is 5.91 Å². The van der Waals surface area contributed by atoms with Gasteiger partial charge in [-0.15, -0.1) is 0 Å². The van der Waals surface area contributed by atoms with E-state index in [1.165, 1.54) is 0 Å². The maximum atomic E-state index is 12.6. The van der Waals surface area contributed by atoms with E-state index in [-0.39, 0.29) is 12.5 Å². The fourth-order valence-corrected chi connectivity index (χ4v) is 2.94. The zero-order chi connectivity index (χ0) is 14.9. The van der Waals surface area contributed by atoms with Crippen LogP contribution in [0.15, 0.2) is 22.7 Å². The Morgan fingerprint density at radius 1 is 1.40 bits per heavy atom. The second kappa shape index (κ2) is 5.56. The minimum atomic E-state index is -0.839. The van der Waals surface area contributed by atoms with Gasteiger partial charge in [-0.3, -0.25) is 9.59 Å². The summed E-state index contributed by atoms with van der Waals surface area (Å²) in [5, 5.41) is 9.32. The van der Waals surface area contributed by atoms with Crippen molar-refractivity contribution in [1.29, 1.82) is 0 Å². The van der Waals surface area contributed by atoms with Crippen molar-refractivity contribution < 1.29 is 14.7 Å². The van der Waals surface area contributed by atoms with E-state index in [2.05, 4.69) is 15.9 Å². The lowest BCUT2D eigenvalue weighted by Gasteiger charge is -2.37. The highest BCUT2D eigenvalue weighted by Gasteiger charge is 2.39. The normalized spacial score (nSPS) is 22.6. The van der Waals surface area contributed by atoms with Gasteiger partial charge in [0.15, 0.2) is 0 Å². The number of rotatable bonds is 2. The number of piperidine rings is 1. The second-order valence-electron chi connectivity index (χ2n) is 5.66. The number of carbonyl (C=O) groups is 2. The predicted octanol–water partition coefficient (Wildman–Crippen LogP) is 3.08. The smallest absolute Gasteiger partial charge is 0.311 e. The fraction of sp³-hybridized carbons (Fsp3) is 0.467. The molecule has 5 heteroatoms. The van der Waals surface area contributed by atoms with Crippen LogP contribution in [0.25, 0.3) is 0 Å². The van der Waals surface area contributed by atoms with Crippen LogP contribution in [0.3, 0.4) is 0 Å². The van der Waals surface area contributed by atoms with Crippen LogP contribution in [0.1, 0.15) is 35.7 Å². The molecular formula is C15H18BrNO3. The van der Waals surface area contributed by atoms with Crippen LogP contribution < -0.4 is 0 Å². The molecule has 1 fully saturated rings. The molecule has 0 radical (unpaired) electrons. The summed E-state index contributed by atoms with van der Waals surface area (Å²) in [5.41, 5.74) is 0.697. The summed E-state index contributed by atoms with van der Waals surface area (Å²) in [6.45, 7) is 4.49. The quantitative estimate of drug-likeness (QED) is 0.900. The molecule has 0 bridgehead atoms. The summed E-state index contributed by atoms with van der Waals surface area (Å²) >= 11 is 3.37. The highest BCUT2D eigenvalue weighted by molar-refractivity contribution is 9.10. The summed E-state index contributed by atoms with van der Waals surface area (Å²) < 4.78 is 0.851. The largest absolute Gasteiger partial charge is 0.481 e. The van der Waals surface area contributed by atoms with Crippen LogP contribution in [-0.2, 0) is 4.79 Å². The molecule has 1 heterocycles. The van der Waals surface area contributed by atoms with E-state index in [1.807, 2.05) is 19.1 Å². The van der Waals surface area contributed by atoms with Gasteiger partial charge >= 0.3 is 5.97 Å². The Morgan fingerprint density at radius 2 is 2.10 bits per heavy atom. The van der Waals surface area contributed by atoms with Gasteiger partial charge in [0, 0.05) is 23.1 Å². The molecule has 1 aliphatic heterocycles. The van der Waals surface area contributed by atoms with E-state index >= 15 is 0 Å². The number of likely N-dealkylation sites (tertiary alicyclic amines) is 1. The number of aliphatic carboxylic acids is 1. The second-order valence-corrected chi connectivity index (χ2v) is 6.57. The van der Waals surface area contributed by atoms with Crippen molar-refractivity contribution in [2.75, 3.05) is 13.1 Å². The number of aryl methyl sites for hydroxylation is 1. The van der Waals surface area contributed by atoms with E-state index in [0.717, 1.165) is 16.5 Å². The third kappa shape index (κ3) is 2.87. The number of amides is 1. The summed E-state index contributed by atoms with van der Waals surface area (Å²) in [7, 11) is 0. The molecule has 1 unspecified atom stereocenters. The molecule has 0 aliphatic carbocycles. The summed E-state index contributed by atoms with van der Waals surface area (Å²) in [6.07, 6.45) is 1.34. The summed E-state index contributed by atoms with van der Waals surface area (Å²) in [5.74, 6) is -0.920. The molecule has 0 spiro atoms. The molecule has 1 saturated heterocycles. The number of halogens is 1. The Morgan fingerprint density at radius 3 is 2.75 bits per heavy atom. The van der Waals surface area contributed by atoms with Crippen LogP contribution in [-0.4, -0.2) is 35.0 Å². The first-order chi connectivity index (χ1) is 9.33. The molecule has 1 aromatic carbocycles. The van der Waals surface area contributed by atoms with E-state index in [1.54, 1.807) is 17.9 Å². The van der Waals surface area contributed by atoms with Gasteiger partial charge in [-0.2, -0.15) is 0 Å². The Kier molecular flexibility index (Phi) is 4.18. The van der Waals surface area contributed by atoms with E-state index in [4.69, 9.17) is 0 Å². The summed E-state index contributed by atoms with van der Waals surface area (Å²) in [4.78, 5) is 25.6. The fourth-order valence-electron chi connectivity index (χ4n) is 2.58. The molecule has 1 aliphatic rings. The predicted molar refractivity (Wildman–Crippen MR) is 79.8 cm³/mol. The minimum absolute atomic E-state index is 0.0871. The maximum absolute atomic E-state index is 12.6. The number of nitrogens with zero attached hydrogens (tertiary/aromatic N) is 1. The van der Waals surface area contributed by atoms with Gasteiger partial charge in [-0.1, -0.05) is 22.0 Å². The van der Waals surface area contributed by atoms with Gasteiger partial charge in [0.2, 0.25) is 0 Å². The number of hydrogen-bond donors (Lipinski definition) is 1. The monoisotopic (exact) mass is 339 g/mol. The topological polar surface area (TPSA) is 57.6 Å². The van der Waals surface area contributed by atoms with Crippen molar-refractivity contribution in [3.05, 3.63) is 33.8 Å². The Labute approximate surface area is 126 Å². The van der Waals surface area contributed by atoms with Crippen molar-refractivity contribution in [2.45, 2.75) is 26.7 Å². The van der Waals surface area contributed by atoms with Gasteiger partial charge in [0.1, 0.15) is 0 Å². The van der Waals surface area contributed by atoms with Gasteiger partial charge in [-0.25, -0.2) is 0 Å². The van der Waals surface area contributed by atoms with Crippen molar-refractivity contribution >= 4 is 27.8 Å². The molecule has 4 nitrogen and oxygen atoms in total. The van der Waals surface area contributed by atoms with E-state index in [9.17, 15) is 14.7 Å². The van der Waals surface area contributed by atoms with Crippen molar-refractivity contribution in [3.8, 4) is 0 Å². The standard InChI is InChI=1S/C15H18BrNO3/c1-10-4-5-11(16)8-12(10)13(18)17-7-3-6-15(2,9-17)14(19)20/h4-5,8H,3,6-7,9H2,1-2H3,(H,19,20). The van der Waals surface area contributed by atoms with Crippen LogP contribution in [0, 0.1) is 12.3 Å². The van der Waals surface area contributed by atoms with Crippen molar-refractivity contribution in [2.24, 2.45) is 5.41 Å².